The largest absolute Gasteiger partial charge is 0.322 e. The molecule has 0 unspecified atom stereocenters. The van der Waals surface area contributed by atoms with Crippen molar-refractivity contribution in [3.8, 4) is 0 Å². The second-order valence-electron chi connectivity index (χ2n) is 7.02. The van der Waals surface area contributed by atoms with E-state index in [2.05, 4.69) is 10.0 Å². The number of benzene rings is 3. The molecule has 0 aliphatic rings. The van der Waals surface area contributed by atoms with Gasteiger partial charge in [0, 0.05) is 28.4 Å². The Morgan fingerprint density at radius 2 is 1.52 bits per heavy atom. The van der Waals surface area contributed by atoms with Crippen molar-refractivity contribution in [3.63, 3.8) is 0 Å². The van der Waals surface area contributed by atoms with Crippen LogP contribution in [0.15, 0.2) is 71.6 Å². The molecule has 3 aromatic carbocycles. The van der Waals surface area contributed by atoms with Gasteiger partial charge in [0.05, 0.1) is 4.90 Å². The van der Waals surface area contributed by atoms with Gasteiger partial charge in [0.2, 0.25) is 10.0 Å². The molecule has 0 heterocycles. The lowest BCUT2D eigenvalue weighted by molar-refractivity contribution is 0.101. The average Bonchev–Trinajstić information content (AvgIpc) is 2.74. The first kappa shape index (κ1) is 22.7. The van der Waals surface area contributed by atoms with Crippen LogP contribution >= 0.6 is 11.6 Å². The number of amides is 1. The van der Waals surface area contributed by atoms with Crippen LogP contribution in [-0.2, 0) is 16.6 Å². The van der Waals surface area contributed by atoms with Crippen molar-refractivity contribution in [1.82, 2.24) is 4.72 Å². The minimum absolute atomic E-state index is 0.0645. The highest BCUT2D eigenvalue weighted by atomic mass is 35.5. The minimum Gasteiger partial charge on any atom is -0.322 e. The molecule has 6 nitrogen and oxygen atoms in total. The Labute approximate surface area is 186 Å². The third-order valence-corrected chi connectivity index (χ3v) is 6.34. The Balaban J connectivity index is 1.63. The van der Waals surface area contributed by atoms with Gasteiger partial charge < -0.3 is 5.32 Å². The van der Waals surface area contributed by atoms with Crippen LogP contribution < -0.4 is 10.0 Å². The van der Waals surface area contributed by atoms with E-state index in [0.29, 0.717) is 27.4 Å². The van der Waals surface area contributed by atoms with E-state index >= 15 is 0 Å². The van der Waals surface area contributed by atoms with Gasteiger partial charge in [0.1, 0.15) is 0 Å². The maximum absolute atomic E-state index is 12.5. The van der Waals surface area contributed by atoms with Crippen molar-refractivity contribution < 1.29 is 18.0 Å². The highest BCUT2D eigenvalue weighted by Crippen LogP contribution is 2.20. The molecule has 160 valence electrons. The minimum atomic E-state index is -3.73. The molecule has 0 radical (unpaired) electrons. The average molecular weight is 457 g/mol. The summed E-state index contributed by atoms with van der Waals surface area (Å²) in [5, 5.41) is 3.42. The Kier molecular flexibility index (Phi) is 6.90. The van der Waals surface area contributed by atoms with Crippen LogP contribution in [0, 0.1) is 6.92 Å². The second kappa shape index (κ2) is 9.43. The molecule has 3 aromatic rings. The number of halogens is 1. The Hall–Kier alpha value is -3.00. The van der Waals surface area contributed by atoms with Crippen LogP contribution in [-0.4, -0.2) is 20.1 Å². The van der Waals surface area contributed by atoms with E-state index in [-0.39, 0.29) is 23.1 Å². The number of carbonyl (C=O) groups is 2. The summed E-state index contributed by atoms with van der Waals surface area (Å²) in [5.74, 6) is -0.407. The van der Waals surface area contributed by atoms with Gasteiger partial charge >= 0.3 is 0 Å². The standard InChI is InChI=1S/C23H21ClN2O4S/c1-15-13-20(24)9-12-22(15)26-23(28)19-5-3-17(4-6-19)14-25-31(29,30)21-10-7-18(8-11-21)16(2)27/h3-13,25H,14H2,1-2H3,(H,26,28). The molecule has 0 saturated carbocycles. The van der Waals surface area contributed by atoms with E-state index in [1.54, 1.807) is 42.5 Å². The maximum atomic E-state index is 12.5. The van der Waals surface area contributed by atoms with Crippen molar-refractivity contribution >= 4 is 39.0 Å². The molecule has 2 N–H and O–H groups in total. The SMILES string of the molecule is CC(=O)c1ccc(S(=O)(=O)NCc2ccc(C(=O)Nc3ccc(Cl)cc3C)cc2)cc1. The number of sulfonamides is 1. The summed E-state index contributed by atoms with van der Waals surface area (Å²) in [6.45, 7) is 3.33. The molecule has 1 amide bonds. The number of ketones is 1. The molecule has 8 heteroatoms. The lowest BCUT2D eigenvalue weighted by Crippen LogP contribution is -2.23. The highest BCUT2D eigenvalue weighted by Gasteiger charge is 2.14. The summed E-state index contributed by atoms with van der Waals surface area (Å²) in [6, 6.07) is 17.6. The molecule has 31 heavy (non-hydrogen) atoms. The van der Waals surface area contributed by atoms with Gasteiger partial charge in [-0.05, 0) is 67.4 Å². The van der Waals surface area contributed by atoms with Crippen molar-refractivity contribution in [2.24, 2.45) is 0 Å². The molecule has 0 bridgehead atoms. The molecule has 0 atom stereocenters. The predicted molar refractivity (Wildman–Crippen MR) is 121 cm³/mol. The van der Waals surface area contributed by atoms with Gasteiger partial charge in [-0.1, -0.05) is 35.9 Å². The van der Waals surface area contributed by atoms with Crippen molar-refractivity contribution in [2.75, 3.05) is 5.32 Å². The molecule has 0 saturated heterocycles. The fourth-order valence-electron chi connectivity index (χ4n) is 2.87. The summed E-state index contributed by atoms with van der Waals surface area (Å²) < 4.78 is 27.4. The van der Waals surface area contributed by atoms with Gasteiger partial charge in [0.25, 0.3) is 5.91 Å². The first-order valence-electron chi connectivity index (χ1n) is 9.43. The summed E-state index contributed by atoms with van der Waals surface area (Å²) >= 11 is 5.93. The fraction of sp³-hybridized carbons (Fsp3) is 0.130. The van der Waals surface area contributed by atoms with Gasteiger partial charge in [-0.2, -0.15) is 0 Å². The van der Waals surface area contributed by atoms with Gasteiger partial charge in [-0.3, -0.25) is 9.59 Å². The van der Waals surface area contributed by atoms with E-state index in [1.807, 2.05) is 6.92 Å². The normalized spacial score (nSPS) is 11.2. The number of Topliss-reactive ketones (excluding diaryl/α,β-unsaturated/α-hetero) is 1. The van der Waals surface area contributed by atoms with E-state index in [1.165, 1.54) is 31.2 Å². The van der Waals surface area contributed by atoms with Crippen molar-refractivity contribution in [3.05, 3.63) is 94.0 Å². The Morgan fingerprint density at radius 1 is 0.903 bits per heavy atom. The van der Waals surface area contributed by atoms with Crippen LogP contribution in [0.2, 0.25) is 5.02 Å². The number of nitrogens with one attached hydrogen (secondary N) is 2. The van der Waals surface area contributed by atoms with Crippen LogP contribution in [0.3, 0.4) is 0 Å². The number of hydrogen-bond acceptors (Lipinski definition) is 4. The summed E-state index contributed by atoms with van der Waals surface area (Å²) in [5.41, 5.74) is 3.11. The number of aryl methyl sites for hydroxylation is 1. The van der Waals surface area contributed by atoms with E-state index in [9.17, 15) is 18.0 Å². The molecule has 0 spiro atoms. The lowest BCUT2D eigenvalue weighted by Gasteiger charge is -2.10. The maximum Gasteiger partial charge on any atom is 0.255 e. The highest BCUT2D eigenvalue weighted by molar-refractivity contribution is 7.89. The number of hydrogen-bond donors (Lipinski definition) is 2. The monoisotopic (exact) mass is 456 g/mol. The van der Waals surface area contributed by atoms with E-state index in [4.69, 9.17) is 11.6 Å². The molecular formula is C23H21ClN2O4S. The number of rotatable bonds is 7. The number of anilines is 1. The molecule has 0 fully saturated rings. The second-order valence-corrected chi connectivity index (χ2v) is 9.22. The molecule has 3 rings (SSSR count). The molecular weight excluding hydrogens is 436 g/mol. The van der Waals surface area contributed by atoms with Crippen molar-refractivity contribution in [1.29, 1.82) is 0 Å². The molecule has 0 aliphatic heterocycles. The third kappa shape index (κ3) is 5.79. The zero-order valence-corrected chi connectivity index (χ0v) is 18.5. The van der Waals surface area contributed by atoms with Crippen LogP contribution in [0.25, 0.3) is 0 Å². The van der Waals surface area contributed by atoms with Crippen LogP contribution in [0.1, 0.15) is 38.8 Å². The quantitative estimate of drug-likeness (QED) is 0.509. The first-order chi connectivity index (χ1) is 14.7. The first-order valence-corrected chi connectivity index (χ1v) is 11.3. The molecule has 0 aliphatic carbocycles. The number of carbonyl (C=O) groups excluding carboxylic acids is 2. The summed E-state index contributed by atoms with van der Waals surface area (Å²) in [4.78, 5) is 23.9. The molecule has 0 aromatic heterocycles. The Morgan fingerprint density at radius 3 is 2.10 bits per heavy atom. The van der Waals surface area contributed by atoms with E-state index < -0.39 is 10.0 Å². The van der Waals surface area contributed by atoms with Crippen molar-refractivity contribution in [2.45, 2.75) is 25.3 Å². The van der Waals surface area contributed by atoms with Gasteiger partial charge in [-0.25, -0.2) is 13.1 Å². The van der Waals surface area contributed by atoms with Gasteiger partial charge in [-0.15, -0.1) is 0 Å². The third-order valence-electron chi connectivity index (χ3n) is 4.69. The zero-order valence-electron chi connectivity index (χ0n) is 17.0. The van der Waals surface area contributed by atoms with E-state index in [0.717, 1.165) is 5.56 Å². The predicted octanol–water partition coefficient (Wildman–Crippen LogP) is 4.58. The zero-order chi connectivity index (χ0) is 22.6. The van der Waals surface area contributed by atoms with Crippen LogP contribution in [0.4, 0.5) is 5.69 Å². The fourth-order valence-corrected chi connectivity index (χ4v) is 4.11. The topological polar surface area (TPSA) is 92.3 Å². The van der Waals surface area contributed by atoms with Gasteiger partial charge in [0.15, 0.2) is 5.78 Å². The summed E-state index contributed by atoms with van der Waals surface area (Å²) in [7, 11) is -3.73. The van der Waals surface area contributed by atoms with Crippen LogP contribution in [0.5, 0.6) is 0 Å². The Bertz CT molecular complexity index is 1220. The summed E-state index contributed by atoms with van der Waals surface area (Å²) in [6.07, 6.45) is 0. The smallest absolute Gasteiger partial charge is 0.255 e. The lowest BCUT2D eigenvalue weighted by atomic mass is 10.1.